The molecule has 0 saturated carbocycles. The molecule has 1 N–H and O–H groups in total. The summed E-state index contributed by atoms with van der Waals surface area (Å²) >= 11 is 0. The molecule has 1 aromatic rings. The molecule has 1 saturated heterocycles. The van der Waals surface area contributed by atoms with Crippen molar-refractivity contribution in [3.05, 3.63) is 34.9 Å². The summed E-state index contributed by atoms with van der Waals surface area (Å²) in [5.41, 5.74) is -0.203. The monoisotopic (exact) mass is 301 g/mol. The first-order chi connectivity index (χ1) is 9.82. The highest BCUT2D eigenvalue weighted by Gasteiger charge is 2.32. The van der Waals surface area contributed by atoms with Crippen molar-refractivity contribution in [1.29, 1.82) is 0 Å². The van der Waals surface area contributed by atoms with Crippen LogP contribution in [0.2, 0.25) is 0 Å². The van der Waals surface area contributed by atoms with Gasteiger partial charge in [-0.15, -0.1) is 0 Å². The van der Waals surface area contributed by atoms with Gasteiger partial charge in [-0.05, 0) is 36.5 Å². The Kier molecular flexibility index (Phi) is 4.20. The molecule has 1 aliphatic heterocycles. The number of hydrogen-bond donors (Lipinski definition) is 1. The van der Waals surface area contributed by atoms with E-state index in [-0.39, 0.29) is 24.6 Å². The number of likely N-dealkylation sites (tertiary alicyclic amines) is 1. The molecule has 1 fully saturated rings. The number of halogens is 3. The second-order valence-corrected chi connectivity index (χ2v) is 5.00. The van der Waals surface area contributed by atoms with Crippen molar-refractivity contribution in [3.8, 4) is 0 Å². The van der Waals surface area contributed by atoms with Gasteiger partial charge in [0.2, 0.25) is 0 Å². The van der Waals surface area contributed by atoms with Gasteiger partial charge in [-0.2, -0.15) is 13.2 Å². The van der Waals surface area contributed by atoms with Crippen LogP contribution in [-0.2, 0) is 6.18 Å². The summed E-state index contributed by atoms with van der Waals surface area (Å²) in [5, 5.41) is 8.87. The molecule has 0 atom stereocenters. The predicted octanol–water partition coefficient (Wildman–Crippen LogP) is 3.38. The molecule has 0 aromatic heterocycles. The van der Waals surface area contributed by atoms with Crippen molar-refractivity contribution < 1.29 is 27.9 Å². The van der Waals surface area contributed by atoms with Crippen LogP contribution in [0.3, 0.4) is 0 Å². The lowest BCUT2D eigenvalue weighted by molar-refractivity contribution is -0.137. The molecule has 0 spiro atoms. The number of carbonyl (C=O) groups excluding carboxylic acids is 1. The number of hydrogen-bond acceptors (Lipinski definition) is 2. The summed E-state index contributed by atoms with van der Waals surface area (Å²) in [5.74, 6) is -0.233. The Balaban J connectivity index is 2.26. The van der Waals surface area contributed by atoms with Crippen molar-refractivity contribution in [2.75, 3.05) is 13.1 Å². The molecule has 114 valence electrons. The summed E-state index contributed by atoms with van der Waals surface area (Å²) < 4.78 is 38.3. The predicted molar refractivity (Wildman–Crippen MR) is 68.4 cm³/mol. The second-order valence-electron chi connectivity index (χ2n) is 5.00. The van der Waals surface area contributed by atoms with Gasteiger partial charge in [0.15, 0.2) is 0 Å². The van der Waals surface area contributed by atoms with Gasteiger partial charge >= 0.3 is 12.3 Å². The molecule has 7 heteroatoms. The summed E-state index contributed by atoms with van der Waals surface area (Å²) in [6, 6.07) is 3.07. The van der Waals surface area contributed by atoms with E-state index in [9.17, 15) is 22.8 Å². The van der Waals surface area contributed by atoms with Crippen molar-refractivity contribution in [2.24, 2.45) is 0 Å². The van der Waals surface area contributed by atoms with Gasteiger partial charge in [-0.1, -0.05) is 6.07 Å². The first-order valence-corrected chi connectivity index (χ1v) is 6.47. The van der Waals surface area contributed by atoms with Gasteiger partial charge in [-0.3, -0.25) is 4.79 Å². The van der Waals surface area contributed by atoms with Crippen molar-refractivity contribution in [1.82, 2.24) is 4.90 Å². The van der Waals surface area contributed by atoms with Gasteiger partial charge in [0.05, 0.1) is 5.56 Å². The lowest BCUT2D eigenvalue weighted by Crippen LogP contribution is -2.37. The summed E-state index contributed by atoms with van der Waals surface area (Å²) in [4.78, 5) is 23.1. The fourth-order valence-electron chi connectivity index (χ4n) is 2.59. The van der Waals surface area contributed by atoms with Gasteiger partial charge in [0.25, 0.3) is 0 Å². The zero-order valence-electron chi connectivity index (χ0n) is 11.1. The van der Waals surface area contributed by atoms with Gasteiger partial charge in [-0.25, -0.2) is 4.79 Å². The molecule has 2 rings (SSSR count). The summed E-state index contributed by atoms with van der Waals surface area (Å²) in [6.07, 6.45) is -4.13. The Bertz CT molecular complexity index is 549. The second kappa shape index (κ2) is 5.75. The zero-order chi connectivity index (χ0) is 15.6. The maximum absolute atomic E-state index is 12.8. The minimum Gasteiger partial charge on any atom is -0.465 e. The molecular formula is C14H14F3NO3. The molecule has 0 radical (unpaired) electrons. The standard InChI is InChI=1S/C14H14F3NO3/c15-14(16,17)11-2-1-10(8-19)12(7-11)9-3-5-18(6-4-9)13(20)21/h1-2,7-9H,3-6H2,(H,20,21). The van der Waals surface area contributed by atoms with E-state index in [2.05, 4.69) is 0 Å². The van der Waals surface area contributed by atoms with E-state index in [1.54, 1.807) is 0 Å². The van der Waals surface area contributed by atoms with E-state index in [1.807, 2.05) is 0 Å². The molecule has 0 aliphatic carbocycles. The highest BCUT2D eigenvalue weighted by atomic mass is 19.4. The van der Waals surface area contributed by atoms with Crippen molar-refractivity contribution >= 4 is 12.4 Å². The Morgan fingerprint density at radius 3 is 2.38 bits per heavy atom. The highest BCUT2D eigenvalue weighted by molar-refractivity contribution is 5.78. The first kappa shape index (κ1) is 15.3. The minimum atomic E-state index is -4.46. The number of carboxylic acid groups (broad SMARTS) is 1. The van der Waals surface area contributed by atoms with Crippen molar-refractivity contribution in [3.63, 3.8) is 0 Å². The topological polar surface area (TPSA) is 57.6 Å². The number of aldehydes is 1. The number of rotatable bonds is 2. The number of alkyl halides is 3. The van der Waals surface area contributed by atoms with E-state index in [4.69, 9.17) is 5.11 Å². The normalized spacial score (nSPS) is 16.8. The molecule has 0 bridgehead atoms. The number of amides is 1. The number of benzene rings is 1. The SMILES string of the molecule is O=Cc1ccc(C(F)(F)F)cc1C1CCN(C(=O)O)CC1. The quantitative estimate of drug-likeness (QED) is 0.852. The van der Waals surface area contributed by atoms with Crippen LogP contribution in [-0.4, -0.2) is 35.5 Å². The largest absolute Gasteiger partial charge is 0.465 e. The van der Waals surface area contributed by atoms with Crippen LogP contribution in [0.5, 0.6) is 0 Å². The number of nitrogens with zero attached hydrogens (tertiary/aromatic N) is 1. The maximum atomic E-state index is 12.8. The Labute approximate surface area is 119 Å². The lowest BCUT2D eigenvalue weighted by Gasteiger charge is -2.31. The van der Waals surface area contributed by atoms with Crippen LogP contribution in [0.4, 0.5) is 18.0 Å². The van der Waals surface area contributed by atoms with E-state index in [0.29, 0.717) is 24.7 Å². The highest BCUT2D eigenvalue weighted by Crippen LogP contribution is 2.35. The third kappa shape index (κ3) is 3.34. The van der Waals surface area contributed by atoms with Crippen LogP contribution in [0.15, 0.2) is 18.2 Å². The Hall–Kier alpha value is -2.05. The Morgan fingerprint density at radius 2 is 1.90 bits per heavy atom. The van der Waals surface area contributed by atoms with E-state index >= 15 is 0 Å². The van der Waals surface area contributed by atoms with Crippen LogP contribution < -0.4 is 0 Å². The summed E-state index contributed by atoms with van der Waals surface area (Å²) in [7, 11) is 0. The Morgan fingerprint density at radius 1 is 1.29 bits per heavy atom. The lowest BCUT2D eigenvalue weighted by atomic mass is 9.86. The van der Waals surface area contributed by atoms with Crippen molar-refractivity contribution in [2.45, 2.75) is 24.9 Å². The molecule has 1 amide bonds. The van der Waals surface area contributed by atoms with Gasteiger partial charge < -0.3 is 10.0 Å². The van der Waals surface area contributed by atoms with E-state index < -0.39 is 17.8 Å². The zero-order valence-corrected chi connectivity index (χ0v) is 11.1. The van der Waals surface area contributed by atoms with Crippen LogP contribution in [0.25, 0.3) is 0 Å². The fourth-order valence-corrected chi connectivity index (χ4v) is 2.59. The smallest absolute Gasteiger partial charge is 0.416 e. The van der Waals surface area contributed by atoms with Gasteiger partial charge in [0.1, 0.15) is 6.29 Å². The average molecular weight is 301 g/mol. The molecule has 4 nitrogen and oxygen atoms in total. The number of carbonyl (C=O) groups is 2. The third-order valence-electron chi connectivity index (χ3n) is 3.75. The van der Waals surface area contributed by atoms with Crippen LogP contribution in [0, 0.1) is 0 Å². The number of piperidine rings is 1. The van der Waals surface area contributed by atoms with Crippen LogP contribution in [0.1, 0.15) is 40.2 Å². The fraction of sp³-hybridized carbons (Fsp3) is 0.429. The van der Waals surface area contributed by atoms with E-state index in [1.165, 1.54) is 11.0 Å². The molecule has 21 heavy (non-hydrogen) atoms. The molecule has 1 heterocycles. The third-order valence-corrected chi connectivity index (χ3v) is 3.75. The molecule has 0 unspecified atom stereocenters. The minimum absolute atomic E-state index is 0.233. The van der Waals surface area contributed by atoms with Gasteiger partial charge in [0, 0.05) is 18.7 Å². The maximum Gasteiger partial charge on any atom is 0.416 e. The first-order valence-electron chi connectivity index (χ1n) is 6.47. The summed E-state index contributed by atoms with van der Waals surface area (Å²) in [6.45, 7) is 0.517. The molecule has 1 aliphatic rings. The average Bonchev–Trinajstić information content (AvgIpc) is 2.45. The van der Waals surface area contributed by atoms with E-state index in [0.717, 1.165) is 12.1 Å². The molecular weight excluding hydrogens is 287 g/mol. The van der Waals surface area contributed by atoms with Crippen LogP contribution >= 0.6 is 0 Å². The molecule has 1 aromatic carbocycles.